The summed E-state index contributed by atoms with van der Waals surface area (Å²) in [5, 5.41) is 29.2. The number of anilines is 1. The number of carboxylic acid groups (broad SMARTS) is 1. The van der Waals surface area contributed by atoms with Crippen molar-refractivity contribution in [2.45, 2.75) is 44.6 Å². The lowest BCUT2D eigenvalue weighted by atomic mass is 9.72. The summed E-state index contributed by atoms with van der Waals surface area (Å²) in [6, 6.07) is 11.1. The third kappa shape index (κ3) is 7.57. The SMILES string of the molecule is CC(C)(O)C(=O)N[C@](C)(c1ccc(F)c(F)c1)c1ccc(CN2CC3(C2)CN(c2cncc(C#N)c2)C3)cn1.O=C(O)C(F)(F)F. The summed E-state index contributed by atoms with van der Waals surface area (Å²) in [6.07, 6.45) is -0.0123. The first-order valence-electron chi connectivity index (χ1n) is 13.9. The van der Waals surface area contributed by atoms with Gasteiger partial charge in [0, 0.05) is 50.5 Å². The summed E-state index contributed by atoms with van der Waals surface area (Å²) in [4.78, 5) is 34.9. The molecule has 1 atom stereocenters. The number of likely N-dealkylation sites (tertiary alicyclic amines) is 1. The van der Waals surface area contributed by atoms with Crippen LogP contribution in [-0.2, 0) is 21.7 Å². The number of rotatable bonds is 7. The number of aromatic nitrogens is 2. The minimum atomic E-state index is -5.08. The number of amides is 1. The minimum Gasteiger partial charge on any atom is -0.475 e. The second-order valence-corrected chi connectivity index (χ2v) is 12.2. The van der Waals surface area contributed by atoms with Gasteiger partial charge in [-0.3, -0.25) is 19.7 Å². The van der Waals surface area contributed by atoms with Gasteiger partial charge in [0.05, 0.1) is 23.1 Å². The van der Waals surface area contributed by atoms with Gasteiger partial charge in [0.1, 0.15) is 17.2 Å². The molecule has 0 saturated carbocycles. The normalized spacial score (nSPS) is 17.0. The van der Waals surface area contributed by atoms with Gasteiger partial charge in [-0.2, -0.15) is 18.4 Å². The average Bonchev–Trinajstić information content (AvgIpc) is 2.94. The zero-order valence-electron chi connectivity index (χ0n) is 25.1. The molecule has 4 heterocycles. The summed E-state index contributed by atoms with van der Waals surface area (Å²) in [5.74, 6) is -5.46. The standard InChI is InChI=1S/C29H30F2N6O2.C2HF3O2/c1-27(2,39)26(38)35-28(3,21-5-6-23(30)24(31)9-21)25-7-4-19(12-34-25)14-36-15-29(16-36)17-37(18-29)22-8-20(10-32)11-33-13-22;3-2(4,5)1(6)7/h4-9,11-13,39H,14-18H2,1-3H3,(H,35,38);(H,6,7)/t28-;/m1./s1. The number of hydrogen-bond donors (Lipinski definition) is 3. The molecular weight excluding hydrogens is 615 g/mol. The lowest BCUT2D eigenvalue weighted by Gasteiger charge is -2.61. The fraction of sp³-hybridized carbons (Fsp3) is 0.387. The summed E-state index contributed by atoms with van der Waals surface area (Å²) in [7, 11) is 0. The van der Waals surface area contributed by atoms with Crippen LogP contribution in [0.3, 0.4) is 0 Å². The minimum absolute atomic E-state index is 0.239. The summed E-state index contributed by atoms with van der Waals surface area (Å²) >= 11 is 0. The largest absolute Gasteiger partial charge is 0.490 e. The number of carbonyl (C=O) groups excluding carboxylic acids is 1. The molecule has 0 unspecified atom stereocenters. The second kappa shape index (κ2) is 12.6. The number of hydrogen-bond acceptors (Lipinski definition) is 8. The highest BCUT2D eigenvalue weighted by Gasteiger charge is 2.51. The van der Waals surface area contributed by atoms with E-state index in [0.29, 0.717) is 23.4 Å². The Morgan fingerprint density at radius 2 is 1.65 bits per heavy atom. The topological polar surface area (TPSA) is 143 Å². The van der Waals surface area contributed by atoms with Crippen molar-refractivity contribution in [1.82, 2.24) is 20.2 Å². The highest BCUT2D eigenvalue weighted by molar-refractivity contribution is 5.85. The third-order valence-corrected chi connectivity index (χ3v) is 7.79. The number of aliphatic carboxylic acids is 1. The van der Waals surface area contributed by atoms with Crippen molar-refractivity contribution in [3.63, 3.8) is 0 Å². The molecule has 1 spiro atoms. The molecule has 244 valence electrons. The first-order valence-corrected chi connectivity index (χ1v) is 13.9. The zero-order chi connectivity index (χ0) is 34.1. The molecule has 1 aromatic carbocycles. The van der Waals surface area contributed by atoms with Crippen LogP contribution in [0.15, 0.2) is 55.0 Å². The monoisotopic (exact) mass is 646 g/mol. The Kier molecular flexibility index (Phi) is 9.37. The molecular formula is C31H31F5N6O4. The Labute approximate surface area is 261 Å². The molecule has 15 heteroatoms. The Bertz CT molecular complexity index is 1640. The van der Waals surface area contributed by atoms with Crippen LogP contribution in [-0.4, -0.2) is 74.9 Å². The first kappa shape index (κ1) is 34.2. The quantitative estimate of drug-likeness (QED) is 0.328. The molecule has 0 aliphatic carbocycles. The van der Waals surface area contributed by atoms with Crippen LogP contribution >= 0.6 is 0 Å². The number of nitrogens with one attached hydrogen (secondary N) is 1. The highest BCUT2D eigenvalue weighted by Crippen LogP contribution is 2.42. The Hall–Kier alpha value is -4.68. The van der Waals surface area contributed by atoms with E-state index in [1.54, 1.807) is 31.6 Å². The number of carboxylic acids is 1. The Morgan fingerprint density at radius 1 is 1.00 bits per heavy atom. The van der Waals surface area contributed by atoms with Crippen LogP contribution in [0, 0.1) is 28.4 Å². The summed E-state index contributed by atoms with van der Waals surface area (Å²) in [5.41, 5.74) is 0.489. The maximum Gasteiger partial charge on any atom is 0.490 e. The van der Waals surface area contributed by atoms with Gasteiger partial charge in [-0.05, 0) is 56.2 Å². The van der Waals surface area contributed by atoms with Crippen molar-refractivity contribution >= 4 is 17.6 Å². The van der Waals surface area contributed by atoms with E-state index >= 15 is 0 Å². The summed E-state index contributed by atoms with van der Waals surface area (Å²) in [6.45, 7) is 8.80. The maximum atomic E-state index is 14.1. The van der Waals surface area contributed by atoms with E-state index in [1.165, 1.54) is 19.9 Å². The number of halogens is 5. The number of alkyl halides is 3. The molecule has 3 aromatic rings. The zero-order valence-corrected chi connectivity index (χ0v) is 25.1. The number of nitriles is 1. The average molecular weight is 647 g/mol. The van der Waals surface area contributed by atoms with Crippen molar-refractivity contribution in [2.24, 2.45) is 5.41 Å². The van der Waals surface area contributed by atoms with Crippen LogP contribution < -0.4 is 10.2 Å². The van der Waals surface area contributed by atoms with Gasteiger partial charge in [0.15, 0.2) is 11.6 Å². The molecule has 2 aliphatic rings. The molecule has 1 amide bonds. The number of nitrogens with zero attached hydrogens (tertiary/aromatic N) is 5. The van der Waals surface area contributed by atoms with E-state index in [9.17, 15) is 31.9 Å². The molecule has 46 heavy (non-hydrogen) atoms. The van der Waals surface area contributed by atoms with Crippen molar-refractivity contribution in [2.75, 3.05) is 31.1 Å². The lowest BCUT2D eigenvalue weighted by Crippen LogP contribution is -2.72. The van der Waals surface area contributed by atoms with Crippen LogP contribution in [0.25, 0.3) is 0 Å². The van der Waals surface area contributed by atoms with Gasteiger partial charge in [-0.1, -0.05) is 12.1 Å². The predicted octanol–water partition coefficient (Wildman–Crippen LogP) is 3.73. The molecule has 2 saturated heterocycles. The van der Waals surface area contributed by atoms with E-state index in [-0.39, 0.29) is 5.41 Å². The molecule has 3 N–H and O–H groups in total. The van der Waals surface area contributed by atoms with Gasteiger partial charge in [-0.15, -0.1) is 0 Å². The van der Waals surface area contributed by atoms with Crippen LogP contribution in [0.5, 0.6) is 0 Å². The number of pyridine rings is 2. The maximum absolute atomic E-state index is 14.1. The fourth-order valence-corrected chi connectivity index (χ4v) is 5.37. The van der Waals surface area contributed by atoms with Gasteiger partial charge < -0.3 is 20.4 Å². The van der Waals surface area contributed by atoms with Gasteiger partial charge in [-0.25, -0.2) is 13.6 Å². The Morgan fingerprint density at radius 3 is 2.17 bits per heavy atom. The molecule has 10 nitrogen and oxygen atoms in total. The smallest absolute Gasteiger partial charge is 0.475 e. The van der Waals surface area contributed by atoms with Crippen LogP contribution in [0.2, 0.25) is 0 Å². The number of aliphatic hydroxyl groups is 1. The second-order valence-electron chi connectivity index (χ2n) is 12.2. The van der Waals surface area contributed by atoms with E-state index in [4.69, 9.17) is 15.2 Å². The molecule has 2 fully saturated rings. The number of benzene rings is 1. The molecule has 5 rings (SSSR count). The highest BCUT2D eigenvalue weighted by atomic mass is 19.4. The molecule has 0 radical (unpaired) electrons. The van der Waals surface area contributed by atoms with Gasteiger partial charge >= 0.3 is 12.1 Å². The lowest BCUT2D eigenvalue weighted by molar-refractivity contribution is -0.192. The van der Waals surface area contributed by atoms with Crippen molar-refractivity contribution in [1.29, 1.82) is 5.26 Å². The third-order valence-electron chi connectivity index (χ3n) is 7.79. The van der Waals surface area contributed by atoms with E-state index in [0.717, 1.165) is 49.6 Å². The van der Waals surface area contributed by atoms with Gasteiger partial charge in [0.25, 0.3) is 5.91 Å². The van der Waals surface area contributed by atoms with E-state index < -0.39 is 40.8 Å². The number of carbonyl (C=O) groups is 2. The summed E-state index contributed by atoms with van der Waals surface area (Å²) < 4.78 is 59.5. The Balaban J connectivity index is 0.000000617. The van der Waals surface area contributed by atoms with Crippen LogP contribution in [0.1, 0.15) is 43.2 Å². The van der Waals surface area contributed by atoms with Crippen molar-refractivity contribution in [3.05, 3.63) is 89.0 Å². The van der Waals surface area contributed by atoms with Gasteiger partial charge in [0.2, 0.25) is 0 Å². The van der Waals surface area contributed by atoms with Crippen LogP contribution in [0.4, 0.5) is 27.6 Å². The van der Waals surface area contributed by atoms with E-state index in [1.807, 2.05) is 12.1 Å². The molecule has 0 bridgehead atoms. The van der Waals surface area contributed by atoms with Crippen molar-refractivity contribution < 1.29 is 41.8 Å². The molecule has 2 aromatic heterocycles. The first-order chi connectivity index (χ1) is 21.3. The molecule has 2 aliphatic heterocycles. The fourth-order valence-electron chi connectivity index (χ4n) is 5.37. The van der Waals surface area contributed by atoms with E-state index in [2.05, 4.69) is 31.2 Å². The van der Waals surface area contributed by atoms with Crippen molar-refractivity contribution in [3.8, 4) is 6.07 Å². The predicted molar refractivity (Wildman–Crippen MR) is 154 cm³/mol.